The first-order chi connectivity index (χ1) is 11.4. The highest BCUT2D eigenvalue weighted by molar-refractivity contribution is 5.87. The molecule has 4 N–H and O–H groups in total. The van der Waals surface area contributed by atoms with Crippen molar-refractivity contribution >= 4 is 24.2 Å². The van der Waals surface area contributed by atoms with Crippen LogP contribution in [0.2, 0.25) is 0 Å². The SMILES string of the molecule is COCCOc1ccc(CNC(=O)CNC(=O)[C@@H](N)C(C)C)cc1.Cl. The number of ether oxygens (including phenoxy) is 2. The summed E-state index contributed by atoms with van der Waals surface area (Å²) in [5.41, 5.74) is 6.64. The smallest absolute Gasteiger partial charge is 0.239 e. The standard InChI is InChI=1S/C17H27N3O4.ClH/c1-12(2)16(18)17(22)20-11-15(21)19-10-13-4-6-14(7-5-13)24-9-8-23-3;/h4-7,12,16H,8-11,18H2,1-3H3,(H,19,21)(H,20,22);1H/t16-;/m0./s1. The van der Waals surface area contributed by atoms with Crippen molar-refractivity contribution in [1.82, 2.24) is 10.6 Å². The highest BCUT2D eigenvalue weighted by Gasteiger charge is 2.17. The number of nitrogens with one attached hydrogen (secondary N) is 2. The van der Waals surface area contributed by atoms with Crippen molar-refractivity contribution in [3.63, 3.8) is 0 Å². The summed E-state index contributed by atoms with van der Waals surface area (Å²) in [6.07, 6.45) is 0. The molecular formula is C17H28ClN3O4. The Kier molecular flexibility index (Phi) is 11.6. The molecular weight excluding hydrogens is 346 g/mol. The van der Waals surface area contributed by atoms with Gasteiger partial charge in [0.15, 0.2) is 0 Å². The fraction of sp³-hybridized carbons (Fsp3) is 0.529. The lowest BCUT2D eigenvalue weighted by molar-refractivity contribution is -0.127. The molecule has 0 aromatic heterocycles. The number of amides is 2. The minimum absolute atomic E-state index is 0. The first-order valence-electron chi connectivity index (χ1n) is 7.94. The second-order valence-corrected chi connectivity index (χ2v) is 5.75. The van der Waals surface area contributed by atoms with E-state index in [1.54, 1.807) is 7.11 Å². The maximum Gasteiger partial charge on any atom is 0.239 e. The van der Waals surface area contributed by atoms with E-state index in [2.05, 4.69) is 10.6 Å². The maximum atomic E-state index is 11.7. The van der Waals surface area contributed by atoms with Crippen molar-refractivity contribution in [3.05, 3.63) is 29.8 Å². The molecule has 0 radical (unpaired) electrons. The molecule has 0 aliphatic carbocycles. The third-order valence-electron chi connectivity index (χ3n) is 3.41. The first-order valence-corrected chi connectivity index (χ1v) is 7.94. The number of hydrogen-bond donors (Lipinski definition) is 3. The lowest BCUT2D eigenvalue weighted by Gasteiger charge is -2.15. The van der Waals surface area contributed by atoms with Crippen LogP contribution in [0.5, 0.6) is 5.75 Å². The number of halogens is 1. The first kappa shape index (κ1) is 23.2. The van der Waals surface area contributed by atoms with E-state index in [-0.39, 0.29) is 36.7 Å². The molecule has 8 heteroatoms. The number of carbonyl (C=O) groups excluding carboxylic acids is 2. The van der Waals surface area contributed by atoms with E-state index in [1.807, 2.05) is 38.1 Å². The van der Waals surface area contributed by atoms with Gasteiger partial charge in [0.2, 0.25) is 11.8 Å². The summed E-state index contributed by atoms with van der Waals surface area (Å²) in [5, 5.41) is 5.27. The van der Waals surface area contributed by atoms with Gasteiger partial charge in [-0.2, -0.15) is 0 Å². The van der Waals surface area contributed by atoms with Crippen LogP contribution in [0.15, 0.2) is 24.3 Å². The highest BCUT2D eigenvalue weighted by atomic mass is 35.5. The Bertz CT molecular complexity index is 523. The minimum atomic E-state index is -0.608. The Morgan fingerprint density at radius 2 is 1.76 bits per heavy atom. The summed E-state index contributed by atoms with van der Waals surface area (Å²) in [4.78, 5) is 23.4. The predicted molar refractivity (Wildman–Crippen MR) is 98.7 cm³/mol. The van der Waals surface area contributed by atoms with Crippen LogP contribution in [0.1, 0.15) is 19.4 Å². The van der Waals surface area contributed by atoms with Gasteiger partial charge in [-0.15, -0.1) is 12.4 Å². The largest absolute Gasteiger partial charge is 0.491 e. The number of rotatable bonds is 10. The van der Waals surface area contributed by atoms with Crippen molar-refractivity contribution in [2.45, 2.75) is 26.4 Å². The van der Waals surface area contributed by atoms with Gasteiger partial charge >= 0.3 is 0 Å². The summed E-state index contributed by atoms with van der Waals surface area (Å²) in [6, 6.07) is 6.80. The second kappa shape index (κ2) is 12.5. The number of hydrogen-bond acceptors (Lipinski definition) is 5. The van der Waals surface area contributed by atoms with Gasteiger partial charge in [0.25, 0.3) is 0 Å². The fourth-order valence-electron chi connectivity index (χ4n) is 1.80. The normalized spacial score (nSPS) is 11.4. The fourth-order valence-corrected chi connectivity index (χ4v) is 1.80. The number of nitrogens with two attached hydrogens (primary N) is 1. The molecule has 0 bridgehead atoms. The van der Waals surface area contributed by atoms with E-state index in [4.69, 9.17) is 15.2 Å². The Morgan fingerprint density at radius 1 is 1.12 bits per heavy atom. The van der Waals surface area contributed by atoms with Crippen molar-refractivity contribution in [2.75, 3.05) is 26.9 Å². The summed E-state index contributed by atoms with van der Waals surface area (Å²) in [5.74, 6) is 0.187. The molecule has 7 nitrogen and oxygen atoms in total. The van der Waals surface area contributed by atoms with Crippen molar-refractivity contribution in [2.24, 2.45) is 11.7 Å². The minimum Gasteiger partial charge on any atom is -0.491 e. The van der Waals surface area contributed by atoms with Gasteiger partial charge in [0.1, 0.15) is 12.4 Å². The van der Waals surface area contributed by atoms with Crippen LogP contribution in [0, 0.1) is 5.92 Å². The van der Waals surface area contributed by atoms with Crippen molar-refractivity contribution < 1.29 is 19.1 Å². The third-order valence-corrected chi connectivity index (χ3v) is 3.41. The van der Waals surface area contributed by atoms with Gasteiger partial charge in [0.05, 0.1) is 19.2 Å². The average molecular weight is 374 g/mol. The molecule has 1 aromatic carbocycles. The van der Waals surface area contributed by atoms with Crippen LogP contribution in [0.25, 0.3) is 0 Å². The zero-order valence-corrected chi connectivity index (χ0v) is 15.7. The van der Waals surface area contributed by atoms with Crippen LogP contribution in [0.4, 0.5) is 0 Å². The quantitative estimate of drug-likeness (QED) is 0.527. The number of methoxy groups -OCH3 is 1. The van der Waals surface area contributed by atoms with Gasteiger partial charge in [-0.05, 0) is 23.6 Å². The molecule has 0 fully saturated rings. The number of benzene rings is 1. The molecule has 142 valence electrons. The summed E-state index contributed by atoms with van der Waals surface area (Å²) < 4.78 is 10.4. The summed E-state index contributed by atoms with van der Waals surface area (Å²) in [6.45, 7) is 5.02. The second-order valence-electron chi connectivity index (χ2n) is 5.75. The van der Waals surface area contributed by atoms with Crippen molar-refractivity contribution in [3.8, 4) is 5.75 Å². The summed E-state index contributed by atoms with van der Waals surface area (Å²) in [7, 11) is 1.62. The molecule has 1 rings (SSSR count). The molecule has 1 aromatic rings. The Hall–Kier alpha value is -1.83. The molecule has 0 unspecified atom stereocenters. The molecule has 1 atom stereocenters. The van der Waals surface area contributed by atoms with Gasteiger partial charge < -0.3 is 25.8 Å². The van der Waals surface area contributed by atoms with Crippen LogP contribution < -0.4 is 21.1 Å². The topological polar surface area (TPSA) is 103 Å². The van der Waals surface area contributed by atoms with E-state index in [0.29, 0.717) is 19.8 Å². The Morgan fingerprint density at radius 3 is 2.32 bits per heavy atom. The Labute approximate surface area is 155 Å². The van der Waals surface area contributed by atoms with E-state index >= 15 is 0 Å². The van der Waals surface area contributed by atoms with E-state index in [9.17, 15) is 9.59 Å². The van der Waals surface area contributed by atoms with E-state index in [0.717, 1.165) is 11.3 Å². The molecule has 0 heterocycles. The van der Waals surface area contributed by atoms with Crippen LogP contribution >= 0.6 is 12.4 Å². The van der Waals surface area contributed by atoms with E-state index in [1.165, 1.54) is 0 Å². The average Bonchev–Trinajstić information content (AvgIpc) is 2.58. The molecule has 25 heavy (non-hydrogen) atoms. The maximum absolute atomic E-state index is 11.7. The van der Waals surface area contributed by atoms with Gasteiger partial charge in [-0.1, -0.05) is 26.0 Å². The van der Waals surface area contributed by atoms with Gasteiger partial charge in [-0.3, -0.25) is 9.59 Å². The zero-order valence-electron chi connectivity index (χ0n) is 14.9. The molecule has 0 aliphatic rings. The predicted octanol–water partition coefficient (Wildman–Crippen LogP) is 0.849. The molecule has 0 aliphatic heterocycles. The monoisotopic (exact) mass is 373 g/mol. The zero-order chi connectivity index (χ0) is 17.9. The van der Waals surface area contributed by atoms with Crippen LogP contribution in [-0.2, 0) is 20.9 Å². The van der Waals surface area contributed by atoms with E-state index < -0.39 is 6.04 Å². The molecule has 0 saturated carbocycles. The lowest BCUT2D eigenvalue weighted by atomic mass is 10.1. The molecule has 2 amide bonds. The van der Waals surface area contributed by atoms with Crippen molar-refractivity contribution in [1.29, 1.82) is 0 Å². The van der Waals surface area contributed by atoms with Gasteiger partial charge in [-0.25, -0.2) is 0 Å². The number of carbonyl (C=O) groups is 2. The Balaban J connectivity index is 0.00000576. The summed E-state index contributed by atoms with van der Waals surface area (Å²) >= 11 is 0. The van der Waals surface area contributed by atoms with Crippen LogP contribution in [0.3, 0.4) is 0 Å². The van der Waals surface area contributed by atoms with Crippen LogP contribution in [-0.4, -0.2) is 44.7 Å². The lowest BCUT2D eigenvalue weighted by Crippen LogP contribution is -2.47. The molecule has 0 spiro atoms. The van der Waals surface area contributed by atoms with Gasteiger partial charge in [0, 0.05) is 13.7 Å². The third kappa shape index (κ3) is 9.28. The molecule has 0 saturated heterocycles. The highest BCUT2D eigenvalue weighted by Crippen LogP contribution is 2.11.